The summed E-state index contributed by atoms with van der Waals surface area (Å²) >= 11 is 6.29. The average molecular weight is 549 g/mol. The van der Waals surface area contributed by atoms with Crippen LogP contribution in [0.25, 0.3) is 0 Å². The molecule has 4 bridgehead atoms. The molecule has 5 atom stereocenters. The van der Waals surface area contributed by atoms with Crippen molar-refractivity contribution in [3.8, 4) is 6.07 Å². The third-order valence-electron chi connectivity index (χ3n) is 9.22. The van der Waals surface area contributed by atoms with E-state index in [0.29, 0.717) is 46.7 Å². The fourth-order valence-electron chi connectivity index (χ4n) is 7.79. The Balaban J connectivity index is 1.20. The summed E-state index contributed by atoms with van der Waals surface area (Å²) < 4.78 is 0. The number of rotatable bonds is 12. The number of benzene rings is 1. The van der Waals surface area contributed by atoms with Gasteiger partial charge in [0.1, 0.15) is 17.5 Å². The minimum atomic E-state index is -0.619. The monoisotopic (exact) mass is 548 g/mol. The highest BCUT2D eigenvalue weighted by molar-refractivity contribution is 6.31. The number of nitrogens with one attached hydrogen (secondary N) is 3. The molecule has 1 heterocycles. The quantitative estimate of drug-likeness (QED) is 0.171. The Labute approximate surface area is 237 Å². The van der Waals surface area contributed by atoms with Crippen molar-refractivity contribution in [3.05, 3.63) is 46.6 Å². The van der Waals surface area contributed by atoms with Crippen LogP contribution in [-0.4, -0.2) is 32.9 Å². The summed E-state index contributed by atoms with van der Waals surface area (Å²) in [4.78, 5) is 8.99. The maximum Gasteiger partial charge on any atom is 0.224 e. The van der Waals surface area contributed by atoms with E-state index in [0.717, 1.165) is 62.3 Å². The van der Waals surface area contributed by atoms with Crippen molar-refractivity contribution in [3.63, 3.8) is 0 Å². The summed E-state index contributed by atoms with van der Waals surface area (Å²) in [6.45, 7) is 5.04. The van der Waals surface area contributed by atoms with Gasteiger partial charge in [0.2, 0.25) is 5.95 Å². The van der Waals surface area contributed by atoms with Crippen LogP contribution in [-0.2, 0) is 6.54 Å². The molecule has 2 aromatic rings. The normalized spacial score (nSPS) is 27.3. The van der Waals surface area contributed by atoms with Crippen LogP contribution in [0.2, 0.25) is 5.02 Å². The van der Waals surface area contributed by atoms with E-state index in [1.165, 1.54) is 19.3 Å². The topological polar surface area (TPSA) is 118 Å². The van der Waals surface area contributed by atoms with Crippen molar-refractivity contribution >= 4 is 29.1 Å². The predicted octanol–water partition coefficient (Wildman–Crippen LogP) is 6.82. The molecule has 7 nitrogen and oxygen atoms in total. The molecule has 4 N–H and O–H groups in total. The van der Waals surface area contributed by atoms with Gasteiger partial charge in [0.05, 0.1) is 11.8 Å². The molecule has 0 spiro atoms. The molecule has 4 aliphatic carbocycles. The maximum atomic E-state index is 10.00. The lowest BCUT2D eigenvalue weighted by molar-refractivity contribution is -0.0673. The molecule has 1 aromatic heterocycles. The Kier molecular flexibility index (Phi) is 8.16. The highest BCUT2D eigenvalue weighted by Gasteiger charge is 2.55. The molecular formula is C31H41ClN6O. The second kappa shape index (κ2) is 11.4. The van der Waals surface area contributed by atoms with Gasteiger partial charge in [-0.2, -0.15) is 10.2 Å². The van der Waals surface area contributed by atoms with Crippen LogP contribution in [0, 0.1) is 45.8 Å². The molecular weight excluding hydrogens is 508 g/mol. The van der Waals surface area contributed by atoms with Crippen LogP contribution >= 0.6 is 11.6 Å². The molecule has 3 unspecified atom stereocenters. The van der Waals surface area contributed by atoms with E-state index in [9.17, 15) is 10.4 Å². The van der Waals surface area contributed by atoms with Crippen molar-refractivity contribution in [2.75, 3.05) is 17.2 Å². The Bertz CT molecular complexity index is 1220. The minimum Gasteiger partial charge on any atom is -0.390 e. The number of unbranched alkanes of at least 4 members (excludes halogenated alkanes) is 1. The third kappa shape index (κ3) is 6.56. The van der Waals surface area contributed by atoms with Gasteiger partial charge in [-0.25, -0.2) is 4.98 Å². The Morgan fingerprint density at radius 3 is 2.62 bits per heavy atom. The molecule has 0 amide bonds. The molecule has 4 saturated carbocycles. The SMILES string of the molecule is CC(C)(O)CCCCC(=N)C1[C@@H]2CC3C[C@H]1CC(CNc1nc(NCc4ccccc4Cl)ncc1C#N)(C3)C2. The van der Waals surface area contributed by atoms with Crippen LogP contribution in [0.4, 0.5) is 11.8 Å². The van der Waals surface area contributed by atoms with Gasteiger partial charge in [0.15, 0.2) is 0 Å². The highest BCUT2D eigenvalue weighted by Crippen LogP contribution is 2.62. The number of anilines is 2. The molecule has 4 fully saturated rings. The molecule has 0 saturated heterocycles. The summed E-state index contributed by atoms with van der Waals surface area (Å²) in [5.74, 6) is 3.41. The molecule has 6 rings (SSSR count). The van der Waals surface area contributed by atoms with Crippen molar-refractivity contribution in [1.82, 2.24) is 9.97 Å². The third-order valence-corrected chi connectivity index (χ3v) is 9.59. The van der Waals surface area contributed by atoms with Crippen LogP contribution < -0.4 is 10.6 Å². The van der Waals surface area contributed by atoms with Gasteiger partial charge in [0.25, 0.3) is 0 Å². The van der Waals surface area contributed by atoms with E-state index >= 15 is 0 Å². The van der Waals surface area contributed by atoms with Crippen LogP contribution in [0.1, 0.15) is 82.8 Å². The molecule has 0 aliphatic heterocycles. The lowest BCUT2D eigenvalue weighted by Crippen LogP contribution is -2.55. The highest BCUT2D eigenvalue weighted by atomic mass is 35.5. The van der Waals surface area contributed by atoms with E-state index < -0.39 is 5.60 Å². The lowest BCUT2D eigenvalue weighted by atomic mass is 9.45. The van der Waals surface area contributed by atoms with Gasteiger partial charge in [-0.15, -0.1) is 0 Å². The first-order valence-corrected chi connectivity index (χ1v) is 14.8. The standard InChI is InChI=1S/C31H41ClN6O/c1-30(2,39)10-6-5-9-26(34)27-22-11-20-12-23(27)15-31(13-20,14-22)19-37-28-24(16-33)18-36-29(38-28)35-17-21-7-3-4-8-25(21)32/h3-4,7-8,18,20,22-23,27,34,39H,5-6,9-15,17,19H2,1-2H3,(H2,35,36,37,38)/t20?,22-,23+,27?,31?. The molecule has 39 heavy (non-hydrogen) atoms. The lowest BCUT2D eigenvalue weighted by Gasteiger charge is -2.60. The Hall–Kier alpha value is -2.69. The van der Waals surface area contributed by atoms with Gasteiger partial charge in [0, 0.05) is 29.7 Å². The first-order chi connectivity index (χ1) is 18.6. The van der Waals surface area contributed by atoms with Gasteiger partial charge >= 0.3 is 0 Å². The summed E-state index contributed by atoms with van der Waals surface area (Å²) in [5, 5.41) is 36.1. The molecule has 4 aliphatic rings. The van der Waals surface area contributed by atoms with Crippen LogP contribution in [0.15, 0.2) is 30.5 Å². The van der Waals surface area contributed by atoms with Crippen LogP contribution in [0.3, 0.4) is 0 Å². The largest absolute Gasteiger partial charge is 0.390 e. The van der Waals surface area contributed by atoms with E-state index in [4.69, 9.17) is 17.0 Å². The van der Waals surface area contributed by atoms with Gasteiger partial charge < -0.3 is 21.1 Å². The first-order valence-electron chi connectivity index (χ1n) is 14.4. The van der Waals surface area contributed by atoms with Crippen molar-refractivity contribution in [2.24, 2.45) is 29.1 Å². The van der Waals surface area contributed by atoms with Gasteiger partial charge in [-0.3, -0.25) is 0 Å². The second-order valence-electron chi connectivity index (χ2n) is 12.9. The molecule has 1 aromatic carbocycles. The number of nitrogens with zero attached hydrogens (tertiary/aromatic N) is 3. The second-order valence-corrected chi connectivity index (χ2v) is 13.3. The zero-order chi connectivity index (χ0) is 27.6. The average Bonchev–Trinajstić information content (AvgIpc) is 2.88. The molecule has 208 valence electrons. The number of halogens is 1. The van der Waals surface area contributed by atoms with Crippen molar-refractivity contribution in [2.45, 2.75) is 83.8 Å². The maximum absolute atomic E-state index is 10.00. The van der Waals surface area contributed by atoms with Crippen molar-refractivity contribution in [1.29, 1.82) is 10.7 Å². The Morgan fingerprint density at radius 1 is 1.18 bits per heavy atom. The number of aromatic nitrogens is 2. The number of hydrogen-bond acceptors (Lipinski definition) is 7. The summed E-state index contributed by atoms with van der Waals surface area (Å²) in [7, 11) is 0. The number of nitriles is 1. The van der Waals surface area contributed by atoms with E-state index in [-0.39, 0.29) is 5.41 Å². The van der Waals surface area contributed by atoms with E-state index in [1.54, 1.807) is 6.20 Å². The summed E-state index contributed by atoms with van der Waals surface area (Å²) in [6.07, 6.45) is 11.2. The predicted molar refractivity (Wildman–Crippen MR) is 156 cm³/mol. The smallest absolute Gasteiger partial charge is 0.224 e. The molecule has 0 radical (unpaired) electrons. The summed E-state index contributed by atoms with van der Waals surface area (Å²) in [5.41, 5.74) is 1.95. The van der Waals surface area contributed by atoms with Crippen LogP contribution in [0.5, 0.6) is 0 Å². The number of hydrogen-bond donors (Lipinski definition) is 4. The first kappa shape index (κ1) is 27.9. The van der Waals surface area contributed by atoms with Gasteiger partial charge in [-0.05, 0) is 100 Å². The van der Waals surface area contributed by atoms with E-state index in [1.807, 2.05) is 38.1 Å². The fraction of sp³-hybridized carbons (Fsp3) is 0.613. The van der Waals surface area contributed by atoms with E-state index in [2.05, 4.69) is 26.7 Å². The molecule has 8 heteroatoms. The summed E-state index contributed by atoms with van der Waals surface area (Å²) in [6, 6.07) is 9.92. The zero-order valence-corrected chi connectivity index (χ0v) is 23.9. The minimum absolute atomic E-state index is 0.205. The van der Waals surface area contributed by atoms with Gasteiger partial charge in [-0.1, -0.05) is 36.2 Å². The van der Waals surface area contributed by atoms with Crippen molar-refractivity contribution < 1.29 is 5.11 Å². The Morgan fingerprint density at radius 2 is 1.92 bits per heavy atom. The fourth-order valence-corrected chi connectivity index (χ4v) is 7.99. The number of aliphatic hydroxyl groups is 1. The zero-order valence-electron chi connectivity index (χ0n) is 23.1.